The van der Waals surface area contributed by atoms with Crippen molar-refractivity contribution in [2.75, 3.05) is 12.4 Å². The van der Waals surface area contributed by atoms with Gasteiger partial charge < -0.3 is 10.1 Å². The lowest BCUT2D eigenvalue weighted by molar-refractivity contribution is 0.414. The van der Waals surface area contributed by atoms with E-state index in [9.17, 15) is 0 Å². The summed E-state index contributed by atoms with van der Waals surface area (Å²) in [6.45, 7) is 0.626. The molecule has 2 heterocycles. The molecule has 1 N–H and O–H groups in total. The van der Waals surface area contributed by atoms with Crippen molar-refractivity contribution in [3.05, 3.63) is 41.3 Å². The average molecular weight is 304 g/mol. The van der Waals surface area contributed by atoms with Crippen LogP contribution in [0.4, 0.5) is 5.82 Å². The summed E-state index contributed by atoms with van der Waals surface area (Å²) in [4.78, 5) is 8.40. The normalized spacial score (nSPS) is 10.8. The van der Waals surface area contributed by atoms with Gasteiger partial charge in [0.05, 0.1) is 18.7 Å². The number of aryl methyl sites for hydroxylation is 1. The molecule has 108 valence electrons. The van der Waals surface area contributed by atoms with Gasteiger partial charge in [0.1, 0.15) is 11.6 Å². The van der Waals surface area contributed by atoms with Crippen molar-refractivity contribution in [1.29, 1.82) is 0 Å². The van der Waals surface area contributed by atoms with E-state index >= 15 is 0 Å². The van der Waals surface area contributed by atoms with Gasteiger partial charge in [0.2, 0.25) is 5.28 Å². The molecule has 0 spiro atoms. The van der Waals surface area contributed by atoms with Gasteiger partial charge in [0.15, 0.2) is 5.65 Å². The molecule has 0 fully saturated rings. The van der Waals surface area contributed by atoms with E-state index in [0.717, 1.165) is 16.7 Å². The predicted molar refractivity (Wildman–Crippen MR) is 81.6 cm³/mol. The van der Waals surface area contributed by atoms with Crippen molar-refractivity contribution in [2.24, 2.45) is 7.05 Å². The molecule has 0 aliphatic heterocycles. The number of rotatable bonds is 4. The first-order valence-electron chi connectivity index (χ1n) is 6.39. The van der Waals surface area contributed by atoms with Gasteiger partial charge in [-0.05, 0) is 29.3 Å². The van der Waals surface area contributed by atoms with Crippen LogP contribution < -0.4 is 10.1 Å². The number of nitrogens with zero attached hydrogens (tertiary/aromatic N) is 4. The van der Waals surface area contributed by atoms with Gasteiger partial charge in [-0.2, -0.15) is 15.1 Å². The van der Waals surface area contributed by atoms with Crippen molar-refractivity contribution in [2.45, 2.75) is 6.54 Å². The summed E-state index contributed by atoms with van der Waals surface area (Å²) in [6, 6.07) is 7.83. The number of benzene rings is 1. The number of methoxy groups -OCH3 is 1. The van der Waals surface area contributed by atoms with E-state index in [2.05, 4.69) is 20.4 Å². The average Bonchev–Trinajstić information content (AvgIpc) is 2.87. The summed E-state index contributed by atoms with van der Waals surface area (Å²) < 4.78 is 6.81. The second-order valence-corrected chi connectivity index (χ2v) is 4.89. The van der Waals surface area contributed by atoms with Crippen molar-refractivity contribution in [3.63, 3.8) is 0 Å². The number of ether oxygens (including phenoxy) is 1. The first-order chi connectivity index (χ1) is 10.2. The summed E-state index contributed by atoms with van der Waals surface area (Å²) >= 11 is 5.95. The van der Waals surface area contributed by atoms with Gasteiger partial charge in [0, 0.05) is 13.6 Å². The minimum atomic E-state index is 0.198. The Bertz CT molecular complexity index is 769. The Morgan fingerprint density at radius 3 is 2.71 bits per heavy atom. The third-order valence-corrected chi connectivity index (χ3v) is 3.35. The molecule has 2 aromatic heterocycles. The van der Waals surface area contributed by atoms with E-state index in [4.69, 9.17) is 16.3 Å². The number of anilines is 1. The van der Waals surface area contributed by atoms with Crippen LogP contribution in [0.2, 0.25) is 5.28 Å². The molecule has 0 aliphatic carbocycles. The Morgan fingerprint density at radius 2 is 2.00 bits per heavy atom. The van der Waals surface area contributed by atoms with E-state index < -0.39 is 0 Å². The van der Waals surface area contributed by atoms with Crippen LogP contribution in [0, 0.1) is 0 Å². The van der Waals surface area contributed by atoms with Crippen molar-refractivity contribution in [1.82, 2.24) is 19.7 Å². The fraction of sp³-hybridized carbons (Fsp3) is 0.214. The third kappa shape index (κ3) is 2.75. The second kappa shape index (κ2) is 5.57. The largest absolute Gasteiger partial charge is 0.497 e. The van der Waals surface area contributed by atoms with Crippen LogP contribution in [0.3, 0.4) is 0 Å². The highest BCUT2D eigenvalue weighted by Crippen LogP contribution is 2.22. The molecule has 6 nitrogen and oxygen atoms in total. The molecule has 0 atom stereocenters. The second-order valence-electron chi connectivity index (χ2n) is 4.55. The maximum atomic E-state index is 5.95. The zero-order valence-corrected chi connectivity index (χ0v) is 12.4. The van der Waals surface area contributed by atoms with Crippen LogP contribution in [0.5, 0.6) is 5.75 Å². The van der Waals surface area contributed by atoms with Gasteiger partial charge >= 0.3 is 0 Å². The Labute approximate surface area is 126 Å². The molecule has 7 heteroatoms. The smallest absolute Gasteiger partial charge is 0.226 e. The topological polar surface area (TPSA) is 64.9 Å². The van der Waals surface area contributed by atoms with Crippen LogP contribution in [-0.4, -0.2) is 26.9 Å². The molecule has 0 amide bonds. The zero-order chi connectivity index (χ0) is 14.8. The Kier molecular flexibility index (Phi) is 3.62. The van der Waals surface area contributed by atoms with Gasteiger partial charge in [-0.3, -0.25) is 4.68 Å². The Balaban J connectivity index is 1.84. The molecule has 0 unspecified atom stereocenters. The SMILES string of the molecule is COc1ccc(CNc2nc(Cl)nc3c2cnn3C)cc1. The van der Waals surface area contributed by atoms with E-state index in [1.165, 1.54) is 0 Å². The molecule has 0 bridgehead atoms. The number of hydrogen-bond acceptors (Lipinski definition) is 5. The summed E-state index contributed by atoms with van der Waals surface area (Å²) in [6.07, 6.45) is 1.72. The van der Waals surface area contributed by atoms with E-state index in [0.29, 0.717) is 18.0 Å². The predicted octanol–water partition coefficient (Wildman–Crippen LogP) is 2.64. The first kappa shape index (κ1) is 13.6. The van der Waals surface area contributed by atoms with Crippen LogP contribution in [-0.2, 0) is 13.6 Å². The standard InChI is InChI=1S/C14H14ClN5O/c1-20-13-11(8-17-20)12(18-14(15)19-13)16-7-9-3-5-10(21-2)6-4-9/h3-6,8H,7H2,1-2H3,(H,16,18,19). The maximum Gasteiger partial charge on any atom is 0.226 e. The molecule has 3 rings (SSSR count). The Hall–Kier alpha value is -2.34. The summed E-state index contributed by atoms with van der Waals surface area (Å²) in [5.41, 5.74) is 1.81. The van der Waals surface area contributed by atoms with E-state index in [1.807, 2.05) is 31.3 Å². The quantitative estimate of drug-likeness (QED) is 0.751. The van der Waals surface area contributed by atoms with Crippen LogP contribution >= 0.6 is 11.6 Å². The van der Waals surface area contributed by atoms with Crippen LogP contribution in [0.1, 0.15) is 5.56 Å². The summed E-state index contributed by atoms with van der Waals surface area (Å²) in [5, 5.41) is 8.48. The van der Waals surface area contributed by atoms with Crippen molar-refractivity contribution in [3.8, 4) is 5.75 Å². The molecule has 0 aliphatic rings. The molecule has 0 saturated heterocycles. The minimum Gasteiger partial charge on any atom is -0.497 e. The molecule has 21 heavy (non-hydrogen) atoms. The van der Waals surface area contributed by atoms with Gasteiger partial charge in [-0.1, -0.05) is 12.1 Å². The molecule has 0 saturated carbocycles. The van der Waals surface area contributed by atoms with Gasteiger partial charge in [-0.15, -0.1) is 0 Å². The lowest BCUT2D eigenvalue weighted by Crippen LogP contribution is -2.03. The fourth-order valence-corrected chi connectivity index (χ4v) is 2.22. The minimum absolute atomic E-state index is 0.198. The molecule has 1 aromatic carbocycles. The third-order valence-electron chi connectivity index (χ3n) is 3.18. The highest BCUT2D eigenvalue weighted by Gasteiger charge is 2.10. The summed E-state index contributed by atoms with van der Waals surface area (Å²) in [5.74, 6) is 1.51. The highest BCUT2D eigenvalue weighted by atomic mass is 35.5. The van der Waals surface area contributed by atoms with Gasteiger partial charge in [0.25, 0.3) is 0 Å². The lowest BCUT2D eigenvalue weighted by atomic mass is 10.2. The van der Waals surface area contributed by atoms with E-state index in [-0.39, 0.29) is 5.28 Å². The maximum absolute atomic E-state index is 5.95. The number of fused-ring (bicyclic) bond motifs is 1. The Morgan fingerprint density at radius 1 is 1.24 bits per heavy atom. The highest BCUT2D eigenvalue weighted by molar-refractivity contribution is 6.28. The van der Waals surface area contributed by atoms with Gasteiger partial charge in [-0.25, -0.2) is 0 Å². The first-order valence-corrected chi connectivity index (χ1v) is 6.77. The molecule has 0 radical (unpaired) electrons. The van der Waals surface area contributed by atoms with Crippen molar-refractivity contribution >= 4 is 28.5 Å². The molecule has 3 aromatic rings. The van der Waals surface area contributed by atoms with Crippen LogP contribution in [0.25, 0.3) is 11.0 Å². The fourth-order valence-electron chi connectivity index (χ4n) is 2.06. The number of aromatic nitrogens is 4. The number of halogens is 1. The summed E-state index contributed by atoms with van der Waals surface area (Å²) in [7, 11) is 3.47. The van der Waals surface area contributed by atoms with Crippen LogP contribution in [0.15, 0.2) is 30.5 Å². The lowest BCUT2D eigenvalue weighted by Gasteiger charge is -2.08. The monoisotopic (exact) mass is 303 g/mol. The van der Waals surface area contributed by atoms with E-state index in [1.54, 1.807) is 18.0 Å². The molecular weight excluding hydrogens is 290 g/mol. The molecular formula is C14H14ClN5O. The zero-order valence-electron chi connectivity index (χ0n) is 11.7. The van der Waals surface area contributed by atoms with Crippen molar-refractivity contribution < 1.29 is 4.74 Å². The number of nitrogens with one attached hydrogen (secondary N) is 1. The number of hydrogen-bond donors (Lipinski definition) is 1.